The average Bonchev–Trinajstić information content (AvgIpc) is 0.722. The Morgan fingerprint density at radius 3 is 1.14 bits per heavy atom. The molecule has 1 radical (unpaired) electrons. The van der Waals surface area contributed by atoms with Crippen LogP contribution in [0.5, 0.6) is 0 Å². The van der Waals surface area contributed by atoms with Gasteiger partial charge >= 0.3 is 7.82 Å². The van der Waals surface area contributed by atoms with Crippen molar-refractivity contribution in [3.63, 3.8) is 0 Å². The van der Waals surface area contributed by atoms with Gasteiger partial charge in [0.25, 0.3) is 0 Å². The van der Waals surface area contributed by atoms with Gasteiger partial charge in [0.15, 0.2) is 0 Å². The fraction of sp³-hybridized carbons (Fsp3) is 0. The molecular weight excluding hydrogens is 196 g/mol. The molecule has 0 saturated heterocycles. The number of rotatable bonds is 0. The molecule has 7 heavy (non-hydrogen) atoms. The first-order valence-electron chi connectivity index (χ1n) is 0.783. The third kappa shape index (κ3) is 133. The van der Waals surface area contributed by atoms with Crippen LogP contribution in [0.2, 0.25) is 0 Å². The molecule has 4 nitrogen and oxygen atoms in total. The van der Waals surface area contributed by atoms with Gasteiger partial charge in [0.1, 0.15) is 0 Å². The molecule has 43 valence electrons. The largest absolute Gasteiger partial charge is 0.466 e. The summed E-state index contributed by atoms with van der Waals surface area (Å²) < 4.78 is 8.88. The van der Waals surface area contributed by atoms with E-state index in [-0.39, 0.29) is 40.1 Å². The zero-order chi connectivity index (χ0) is 4.50. The van der Waals surface area contributed by atoms with Crippen LogP contribution in [0.3, 0.4) is 0 Å². The van der Waals surface area contributed by atoms with Crippen LogP contribution in [0.1, 0.15) is 0 Å². The SMILES string of the molecule is O=P(O)(O)O.[CH3-].[Y]. The Bertz CT molecular complexity index is 57.8. The normalized spacial score (nSPS) is 8.43. The summed E-state index contributed by atoms with van der Waals surface area (Å²) >= 11 is 0. The van der Waals surface area contributed by atoms with Crippen molar-refractivity contribution in [2.45, 2.75) is 0 Å². The van der Waals surface area contributed by atoms with Crippen LogP contribution in [0.4, 0.5) is 0 Å². The molecule has 0 saturated carbocycles. The molecule has 0 fully saturated rings. The van der Waals surface area contributed by atoms with Crippen LogP contribution < -0.4 is 0 Å². The van der Waals surface area contributed by atoms with Gasteiger partial charge in [-0.15, -0.1) is 0 Å². The summed E-state index contributed by atoms with van der Waals surface area (Å²) in [4.78, 5) is 21.6. The van der Waals surface area contributed by atoms with Gasteiger partial charge in [-0.2, -0.15) is 0 Å². The maximum absolute atomic E-state index is 8.88. The maximum atomic E-state index is 8.88. The minimum absolute atomic E-state index is 0. The second-order valence-electron chi connectivity index (χ2n) is 0.513. The molecule has 0 atom stereocenters. The Balaban J connectivity index is -0.0000000800. The van der Waals surface area contributed by atoms with E-state index < -0.39 is 7.82 Å². The molecule has 0 aliphatic rings. The fourth-order valence-electron chi connectivity index (χ4n) is 0. The van der Waals surface area contributed by atoms with Gasteiger partial charge in [-0.25, -0.2) is 4.57 Å². The van der Waals surface area contributed by atoms with Crippen molar-refractivity contribution in [1.82, 2.24) is 0 Å². The van der Waals surface area contributed by atoms with E-state index in [1.807, 2.05) is 0 Å². The van der Waals surface area contributed by atoms with Crippen molar-refractivity contribution in [2.24, 2.45) is 0 Å². The van der Waals surface area contributed by atoms with Crippen molar-refractivity contribution in [2.75, 3.05) is 0 Å². The molecule has 0 spiro atoms. The first kappa shape index (κ1) is 15.7. The van der Waals surface area contributed by atoms with Crippen LogP contribution >= 0.6 is 7.82 Å². The average molecular weight is 202 g/mol. The molecule has 0 aromatic heterocycles. The van der Waals surface area contributed by atoms with Gasteiger partial charge < -0.3 is 22.1 Å². The van der Waals surface area contributed by atoms with E-state index in [1.165, 1.54) is 0 Å². The minimum Gasteiger partial charge on any atom is -0.358 e. The van der Waals surface area contributed by atoms with Crippen molar-refractivity contribution < 1.29 is 52.0 Å². The Hall–Kier alpha value is 1.21. The quantitative estimate of drug-likeness (QED) is 0.366. The van der Waals surface area contributed by atoms with E-state index in [2.05, 4.69) is 0 Å². The van der Waals surface area contributed by atoms with Crippen LogP contribution in [0.25, 0.3) is 0 Å². The second kappa shape index (κ2) is 5.35. The predicted octanol–water partition coefficient (Wildman–Crippen LogP) is -0.481. The van der Waals surface area contributed by atoms with Gasteiger partial charge in [0.2, 0.25) is 0 Å². The summed E-state index contributed by atoms with van der Waals surface area (Å²) in [5.41, 5.74) is 0. The van der Waals surface area contributed by atoms with Gasteiger partial charge in [-0.05, 0) is 0 Å². The van der Waals surface area contributed by atoms with E-state index in [1.54, 1.807) is 0 Å². The molecule has 0 amide bonds. The molecular formula is CH6O4PY-. The topological polar surface area (TPSA) is 77.8 Å². The molecule has 0 unspecified atom stereocenters. The molecule has 0 heterocycles. The Labute approximate surface area is 67.1 Å². The molecule has 0 aromatic rings. The van der Waals surface area contributed by atoms with Gasteiger partial charge in [-0.3, -0.25) is 0 Å². The summed E-state index contributed by atoms with van der Waals surface area (Å²) in [7, 11) is -4.64. The summed E-state index contributed by atoms with van der Waals surface area (Å²) in [5, 5.41) is 0. The van der Waals surface area contributed by atoms with Crippen molar-refractivity contribution in [3.8, 4) is 0 Å². The first-order chi connectivity index (χ1) is 2.00. The Morgan fingerprint density at radius 1 is 1.14 bits per heavy atom. The third-order valence-corrected chi connectivity index (χ3v) is 0. The second-order valence-corrected chi connectivity index (χ2v) is 1.54. The fourth-order valence-corrected chi connectivity index (χ4v) is 0. The zero-order valence-electron chi connectivity index (χ0n) is 3.77. The van der Waals surface area contributed by atoms with Gasteiger partial charge in [0.05, 0.1) is 0 Å². The number of hydrogen-bond donors (Lipinski definition) is 3. The van der Waals surface area contributed by atoms with Crippen LogP contribution in [-0.2, 0) is 37.3 Å². The number of hydrogen-bond acceptors (Lipinski definition) is 1. The molecule has 0 aliphatic carbocycles. The molecule has 3 N–H and O–H groups in total. The monoisotopic (exact) mass is 202 g/mol. The van der Waals surface area contributed by atoms with Crippen LogP contribution in [-0.4, -0.2) is 14.7 Å². The van der Waals surface area contributed by atoms with E-state index in [0.717, 1.165) is 0 Å². The number of phosphoric acid groups is 1. The van der Waals surface area contributed by atoms with Crippen LogP contribution in [0, 0.1) is 7.43 Å². The maximum Gasteiger partial charge on any atom is 0.466 e. The van der Waals surface area contributed by atoms with E-state index in [0.29, 0.717) is 0 Å². The van der Waals surface area contributed by atoms with E-state index in [9.17, 15) is 0 Å². The third-order valence-electron chi connectivity index (χ3n) is 0. The summed E-state index contributed by atoms with van der Waals surface area (Å²) in [6, 6.07) is 0. The van der Waals surface area contributed by atoms with Crippen molar-refractivity contribution >= 4 is 7.82 Å². The summed E-state index contributed by atoms with van der Waals surface area (Å²) in [5.74, 6) is 0. The Morgan fingerprint density at radius 2 is 1.14 bits per heavy atom. The summed E-state index contributed by atoms with van der Waals surface area (Å²) in [6.45, 7) is 0. The standard InChI is InChI=1S/CH3.H3O4P.Y/c;1-5(2,3)4;/h1H3;(H3,1,2,3,4);/q-1;;. The van der Waals surface area contributed by atoms with Crippen LogP contribution in [0.15, 0.2) is 0 Å². The predicted molar refractivity (Wildman–Crippen MR) is 20.7 cm³/mol. The van der Waals surface area contributed by atoms with E-state index in [4.69, 9.17) is 19.2 Å². The van der Waals surface area contributed by atoms with Crippen molar-refractivity contribution in [1.29, 1.82) is 0 Å². The zero-order valence-corrected chi connectivity index (χ0v) is 7.51. The molecule has 6 heteroatoms. The smallest absolute Gasteiger partial charge is 0.358 e. The molecule has 0 bridgehead atoms. The molecule has 0 aliphatic heterocycles. The van der Waals surface area contributed by atoms with E-state index >= 15 is 0 Å². The van der Waals surface area contributed by atoms with Gasteiger partial charge in [0, 0.05) is 32.7 Å². The first-order valence-corrected chi connectivity index (χ1v) is 2.35. The minimum atomic E-state index is -4.64. The molecule has 0 rings (SSSR count). The Kier molecular flexibility index (Phi) is 12.0. The van der Waals surface area contributed by atoms with Crippen molar-refractivity contribution in [3.05, 3.63) is 7.43 Å². The summed E-state index contributed by atoms with van der Waals surface area (Å²) in [6.07, 6.45) is 0. The molecule has 0 aromatic carbocycles. The van der Waals surface area contributed by atoms with Gasteiger partial charge in [-0.1, -0.05) is 0 Å².